The normalized spacial score (nSPS) is 14.2. The summed E-state index contributed by atoms with van der Waals surface area (Å²) in [5.41, 5.74) is 5.98. The van der Waals surface area contributed by atoms with Crippen LogP contribution in [0.1, 0.15) is 30.9 Å². The Morgan fingerprint density at radius 2 is 1.58 bits per heavy atom. The van der Waals surface area contributed by atoms with Gasteiger partial charge in [-0.2, -0.15) is 0 Å². The molecule has 1 aromatic heterocycles. The van der Waals surface area contributed by atoms with E-state index in [1.807, 2.05) is 36.7 Å². The highest BCUT2D eigenvalue weighted by Crippen LogP contribution is 2.25. The molecule has 0 unspecified atom stereocenters. The smallest absolute Gasteiger partial charge is 0.406 e. The molecular weight excluding hydrogens is 425 g/mol. The van der Waals surface area contributed by atoms with Crippen molar-refractivity contribution < 1.29 is 17.9 Å². The van der Waals surface area contributed by atoms with E-state index in [0.29, 0.717) is 6.54 Å². The highest BCUT2D eigenvalue weighted by atomic mass is 19.4. The van der Waals surface area contributed by atoms with Gasteiger partial charge in [-0.3, -0.25) is 4.90 Å². The molecule has 0 aliphatic heterocycles. The van der Waals surface area contributed by atoms with Crippen molar-refractivity contribution in [3.05, 3.63) is 107 Å². The second-order valence-electron chi connectivity index (χ2n) is 8.39. The lowest BCUT2D eigenvalue weighted by molar-refractivity contribution is -0.274. The first-order valence-corrected chi connectivity index (χ1v) is 11.0. The highest BCUT2D eigenvalue weighted by Gasteiger charge is 2.31. The van der Waals surface area contributed by atoms with Crippen LogP contribution in [0.3, 0.4) is 0 Å². The molecule has 3 nitrogen and oxygen atoms in total. The molecule has 1 heterocycles. The Balaban J connectivity index is 1.56. The summed E-state index contributed by atoms with van der Waals surface area (Å²) in [5, 5.41) is 0. The van der Waals surface area contributed by atoms with Gasteiger partial charge in [0.1, 0.15) is 5.75 Å². The molecule has 0 spiro atoms. The Hall–Kier alpha value is -3.25. The minimum absolute atomic E-state index is 0.202. The van der Waals surface area contributed by atoms with Crippen LogP contribution in [0, 0.1) is 0 Å². The molecule has 0 N–H and O–H groups in total. The van der Waals surface area contributed by atoms with Gasteiger partial charge in [0.05, 0.1) is 0 Å². The van der Waals surface area contributed by atoms with Crippen LogP contribution < -0.4 is 4.74 Å². The van der Waals surface area contributed by atoms with Gasteiger partial charge in [0.25, 0.3) is 0 Å². The Morgan fingerprint density at radius 3 is 2.24 bits per heavy atom. The van der Waals surface area contributed by atoms with Gasteiger partial charge >= 0.3 is 6.36 Å². The van der Waals surface area contributed by atoms with E-state index < -0.39 is 6.36 Å². The Labute approximate surface area is 192 Å². The van der Waals surface area contributed by atoms with Crippen molar-refractivity contribution in [2.45, 2.75) is 39.2 Å². The number of benzene rings is 2. The zero-order valence-corrected chi connectivity index (χ0v) is 18.6. The summed E-state index contributed by atoms with van der Waals surface area (Å²) in [6, 6.07) is 18.4. The molecule has 0 bridgehead atoms. The first kappa shape index (κ1) is 22.9. The molecule has 172 valence electrons. The number of alkyl halides is 3. The van der Waals surface area contributed by atoms with E-state index in [2.05, 4.69) is 45.4 Å². The second kappa shape index (κ2) is 10.1. The summed E-state index contributed by atoms with van der Waals surface area (Å²) in [6.07, 6.45) is 5.83. The van der Waals surface area contributed by atoms with Crippen molar-refractivity contribution >= 4 is 0 Å². The quantitative estimate of drug-likeness (QED) is 0.365. The Kier molecular flexibility index (Phi) is 7.04. The van der Waals surface area contributed by atoms with Gasteiger partial charge in [-0.1, -0.05) is 53.6 Å². The zero-order chi connectivity index (χ0) is 23.3. The predicted molar refractivity (Wildman–Crippen MR) is 124 cm³/mol. The number of allylic oxidation sites excluding steroid dienone is 3. The van der Waals surface area contributed by atoms with Crippen molar-refractivity contribution in [2.75, 3.05) is 6.54 Å². The van der Waals surface area contributed by atoms with E-state index in [0.717, 1.165) is 37.2 Å². The number of para-hydroxylation sites is 1. The van der Waals surface area contributed by atoms with Crippen LogP contribution in [0.2, 0.25) is 0 Å². The summed E-state index contributed by atoms with van der Waals surface area (Å²) in [7, 11) is 0. The van der Waals surface area contributed by atoms with Gasteiger partial charge in [0, 0.05) is 37.7 Å². The largest absolute Gasteiger partial charge is 0.573 e. The molecule has 0 fully saturated rings. The molecule has 6 heteroatoms. The van der Waals surface area contributed by atoms with Crippen molar-refractivity contribution in [3.63, 3.8) is 0 Å². The number of hydrogen-bond donors (Lipinski definition) is 0. The minimum atomic E-state index is -4.69. The fourth-order valence-corrected chi connectivity index (χ4v) is 4.06. The summed E-state index contributed by atoms with van der Waals surface area (Å²) in [6.45, 7) is 4.27. The van der Waals surface area contributed by atoms with Crippen LogP contribution in [0.4, 0.5) is 13.2 Å². The van der Waals surface area contributed by atoms with Gasteiger partial charge in [-0.15, -0.1) is 13.2 Å². The highest BCUT2D eigenvalue weighted by molar-refractivity contribution is 5.41. The van der Waals surface area contributed by atoms with Crippen molar-refractivity contribution in [2.24, 2.45) is 0 Å². The van der Waals surface area contributed by atoms with Gasteiger partial charge in [0.2, 0.25) is 0 Å². The molecule has 1 aliphatic carbocycles. The van der Waals surface area contributed by atoms with E-state index in [1.165, 1.54) is 28.8 Å². The van der Waals surface area contributed by atoms with Crippen molar-refractivity contribution in [1.29, 1.82) is 0 Å². The van der Waals surface area contributed by atoms with E-state index in [-0.39, 0.29) is 5.75 Å². The number of rotatable bonds is 8. The maximum Gasteiger partial charge on any atom is 0.573 e. The van der Waals surface area contributed by atoms with Gasteiger partial charge in [-0.05, 0) is 61.2 Å². The van der Waals surface area contributed by atoms with E-state index in [1.54, 1.807) is 12.1 Å². The maximum atomic E-state index is 12.5. The molecule has 0 saturated carbocycles. The summed E-state index contributed by atoms with van der Waals surface area (Å²) in [5.74, 6) is -0.202. The first-order chi connectivity index (χ1) is 15.9. The van der Waals surface area contributed by atoms with E-state index in [4.69, 9.17) is 0 Å². The molecule has 0 atom stereocenters. The summed E-state index contributed by atoms with van der Waals surface area (Å²) >= 11 is 0. The molecule has 2 aromatic carbocycles. The van der Waals surface area contributed by atoms with Crippen LogP contribution in [0.5, 0.6) is 5.75 Å². The lowest BCUT2D eigenvalue weighted by Gasteiger charge is -2.26. The molecule has 0 saturated heterocycles. The lowest BCUT2D eigenvalue weighted by atomic mass is 9.98. The minimum Gasteiger partial charge on any atom is -0.406 e. The Bertz CT molecular complexity index is 1110. The molecule has 0 radical (unpaired) electrons. The third-order valence-electron chi connectivity index (χ3n) is 5.70. The average molecular weight is 453 g/mol. The van der Waals surface area contributed by atoms with Gasteiger partial charge in [-0.25, -0.2) is 0 Å². The van der Waals surface area contributed by atoms with Crippen molar-refractivity contribution in [1.82, 2.24) is 9.47 Å². The first-order valence-electron chi connectivity index (χ1n) is 11.0. The fourth-order valence-electron chi connectivity index (χ4n) is 4.06. The SMILES string of the molecule is CC1=CC=C(CN(Cc2ccc(OC(F)(F)F)cc2)Cc2ccccc2-n2cccc2)CC1. The van der Waals surface area contributed by atoms with E-state index >= 15 is 0 Å². The monoisotopic (exact) mass is 452 g/mol. The topological polar surface area (TPSA) is 17.4 Å². The van der Waals surface area contributed by atoms with Crippen LogP contribution >= 0.6 is 0 Å². The lowest BCUT2D eigenvalue weighted by Crippen LogP contribution is -2.26. The third kappa shape index (κ3) is 6.62. The fraction of sp³-hybridized carbons (Fsp3) is 0.259. The number of ether oxygens (including phenoxy) is 1. The number of hydrogen-bond acceptors (Lipinski definition) is 2. The Morgan fingerprint density at radius 1 is 0.848 bits per heavy atom. The van der Waals surface area contributed by atoms with Crippen LogP contribution in [-0.4, -0.2) is 22.4 Å². The third-order valence-corrected chi connectivity index (χ3v) is 5.70. The summed E-state index contributed by atoms with van der Waals surface area (Å²) < 4.78 is 43.6. The molecule has 0 amide bonds. The van der Waals surface area contributed by atoms with Crippen LogP contribution in [-0.2, 0) is 13.1 Å². The molecule has 33 heavy (non-hydrogen) atoms. The maximum absolute atomic E-state index is 12.5. The molecular formula is C27H27F3N2O. The summed E-state index contributed by atoms with van der Waals surface area (Å²) in [4.78, 5) is 2.34. The molecule has 4 rings (SSSR count). The number of nitrogens with zero attached hydrogens (tertiary/aromatic N) is 2. The van der Waals surface area contributed by atoms with Crippen LogP contribution in [0.25, 0.3) is 5.69 Å². The molecule has 1 aliphatic rings. The van der Waals surface area contributed by atoms with E-state index in [9.17, 15) is 13.2 Å². The molecule has 3 aromatic rings. The van der Waals surface area contributed by atoms with Gasteiger partial charge in [0.15, 0.2) is 0 Å². The predicted octanol–water partition coefficient (Wildman–Crippen LogP) is 7.04. The van der Waals surface area contributed by atoms with Crippen molar-refractivity contribution in [3.8, 4) is 11.4 Å². The number of halogens is 3. The average Bonchev–Trinajstić information content (AvgIpc) is 3.31. The number of aromatic nitrogens is 1. The zero-order valence-electron chi connectivity index (χ0n) is 18.6. The van der Waals surface area contributed by atoms with Crippen LogP contribution in [0.15, 0.2) is 96.4 Å². The standard InChI is InChI=1S/C27H27F3N2O/c1-21-8-10-22(11-9-21)18-31(19-23-12-14-25(15-13-23)33-27(28,29)30)20-24-6-2-3-7-26(24)32-16-4-5-17-32/h2-8,10,12-17H,9,11,18-20H2,1H3. The van der Waals surface area contributed by atoms with Gasteiger partial charge < -0.3 is 9.30 Å². The second-order valence-corrected chi connectivity index (χ2v) is 8.39.